The number of halogens is 2. The molecule has 0 heterocycles. The average Bonchev–Trinajstić information content (AvgIpc) is 2.47. The third kappa shape index (κ3) is 4.53. The van der Waals surface area contributed by atoms with Gasteiger partial charge in [-0.2, -0.15) is 8.78 Å². The zero-order chi connectivity index (χ0) is 15.3. The zero-order valence-corrected chi connectivity index (χ0v) is 11.9. The van der Waals surface area contributed by atoms with Crippen LogP contribution in [-0.2, 0) is 12.3 Å². The predicted molar refractivity (Wildman–Crippen MR) is 79.6 cm³/mol. The van der Waals surface area contributed by atoms with E-state index in [9.17, 15) is 8.78 Å². The van der Waals surface area contributed by atoms with Crippen molar-refractivity contribution in [3.8, 4) is 5.75 Å². The summed E-state index contributed by atoms with van der Waals surface area (Å²) in [5, 5.41) is 0. The highest BCUT2D eigenvalue weighted by Crippen LogP contribution is 2.28. The summed E-state index contributed by atoms with van der Waals surface area (Å²) < 4.78 is 33.1. The molecule has 21 heavy (non-hydrogen) atoms. The number of nitrogens with two attached hydrogens (primary N) is 1. The topological polar surface area (TPSA) is 35.2 Å². The molecule has 0 saturated heterocycles. The minimum absolute atomic E-state index is 0.0430. The van der Waals surface area contributed by atoms with Crippen LogP contribution >= 0.6 is 0 Å². The Kier molecular flexibility index (Phi) is 4.91. The summed E-state index contributed by atoms with van der Waals surface area (Å²) in [6.45, 7) is 1.24. The normalized spacial score (nSPS) is 13.0. The molecule has 2 N–H and O–H groups in total. The smallest absolute Gasteiger partial charge is 0.306 e. The molecular formula is C17H19F2NO. The van der Waals surface area contributed by atoms with Gasteiger partial charge in [-0.1, -0.05) is 42.5 Å². The van der Waals surface area contributed by atoms with Crippen LogP contribution in [0.3, 0.4) is 0 Å². The minimum Gasteiger partial charge on any atom is -0.487 e. The molecule has 0 aromatic heterocycles. The van der Waals surface area contributed by atoms with Crippen LogP contribution in [0.2, 0.25) is 0 Å². The second kappa shape index (κ2) is 6.68. The fourth-order valence-electron chi connectivity index (χ4n) is 2.03. The Morgan fingerprint density at radius 3 is 2.24 bits per heavy atom. The molecule has 2 rings (SSSR count). The minimum atomic E-state index is -3.01. The molecule has 0 saturated carbocycles. The van der Waals surface area contributed by atoms with Crippen LogP contribution in [-0.4, -0.2) is 12.6 Å². The highest BCUT2D eigenvalue weighted by atomic mass is 19.3. The molecule has 0 amide bonds. The molecule has 1 atom stereocenters. The monoisotopic (exact) mass is 291 g/mol. The van der Waals surface area contributed by atoms with Crippen LogP contribution in [0.25, 0.3) is 0 Å². The van der Waals surface area contributed by atoms with Gasteiger partial charge in [0.15, 0.2) is 6.61 Å². The largest absolute Gasteiger partial charge is 0.487 e. The summed E-state index contributed by atoms with van der Waals surface area (Å²) in [7, 11) is 0. The molecule has 0 radical (unpaired) electrons. The summed E-state index contributed by atoms with van der Waals surface area (Å²) in [6, 6.07) is 14.8. The van der Waals surface area contributed by atoms with E-state index in [2.05, 4.69) is 0 Å². The molecule has 2 aromatic carbocycles. The van der Waals surface area contributed by atoms with E-state index in [1.165, 1.54) is 12.1 Å². The lowest BCUT2D eigenvalue weighted by Gasteiger charge is -2.17. The van der Waals surface area contributed by atoms with E-state index in [1.807, 2.05) is 19.1 Å². The number of ether oxygens (including phenoxy) is 1. The van der Waals surface area contributed by atoms with Gasteiger partial charge in [0.2, 0.25) is 0 Å². The third-order valence-electron chi connectivity index (χ3n) is 3.10. The molecule has 2 nitrogen and oxygen atoms in total. The molecule has 2 aromatic rings. The van der Waals surface area contributed by atoms with E-state index < -0.39 is 12.5 Å². The van der Waals surface area contributed by atoms with Crippen LogP contribution in [0.5, 0.6) is 5.75 Å². The van der Waals surface area contributed by atoms with Crippen molar-refractivity contribution < 1.29 is 13.5 Å². The summed E-state index contributed by atoms with van der Waals surface area (Å²) in [6.07, 6.45) is 0.750. The highest BCUT2D eigenvalue weighted by Gasteiger charge is 2.32. The Morgan fingerprint density at radius 2 is 1.67 bits per heavy atom. The van der Waals surface area contributed by atoms with Gasteiger partial charge in [-0.25, -0.2) is 0 Å². The second-order valence-corrected chi connectivity index (χ2v) is 5.18. The Balaban J connectivity index is 1.96. The molecule has 0 fully saturated rings. The first-order chi connectivity index (χ1) is 9.97. The number of rotatable bonds is 6. The molecule has 0 aliphatic carbocycles. The molecule has 4 heteroatoms. The summed E-state index contributed by atoms with van der Waals surface area (Å²) in [4.78, 5) is 0. The first-order valence-electron chi connectivity index (χ1n) is 6.88. The highest BCUT2D eigenvalue weighted by molar-refractivity contribution is 5.28. The lowest BCUT2D eigenvalue weighted by atomic mass is 10.1. The average molecular weight is 291 g/mol. The van der Waals surface area contributed by atoms with Crippen molar-refractivity contribution in [2.24, 2.45) is 5.73 Å². The number of benzene rings is 2. The van der Waals surface area contributed by atoms with Gasteiger partial charge >= 0.3 is 5.92 Å². The van der Waals surface area contributed by atoms with Crippen LogP contribution in [0, 0.1) is 0 Å². The van der Waals surface area contributed by atoms with Gasteiger partial charge in [0.25, 0.3) is 0 Å². The van der Waals surface area contributed by atoms with Crippen molar-refractivity contribution >= 4 is 0 Å². The van der Waals surface area contributed by atoms with E-state index in [1.54, 1.807) is 30.3 Å². The lowest BCUT2D eigenvalue weighted by Crippen LogP contribution is -2.23. The zero-order valence-electron chi connectivity index (χ0n) is 11.9. The van der Waals surface area contributed by atoms with Gasteiger partial charge in [-0.05, 0) is 31.0 Å². The van der Waals surface area contributed by atoms with Crippen molar-refractivity contribution in [1.29, 1.82) is 0 Å². The first-order valence-corrected chi connectivity index (χ1v) is 6.88. The van der Waals surface area contributed by atoms with Gasteiger partial charge in [-0.3, -0.25) is 0 Å². The van der Waals surface area contributed by atoms with E-state index in [0.29, 0.717) is 5.75 Å². The van der Waals surface area contributed by atoms with E-state index in [0.717, 1.165) is 12.0 Å². The molecule has 0 spiro atoms. The summed E-state index contributed by atoms with van der Waals surface area (Å²) in [5.74, 6) is -2.58. The number of alkyl halides is 2. The third-order valence-corrected chi connectivity index (χ3v) is 3.10. The summed E-state index contributed by atoms with van der Waals surface area (Å²) in [5.41, 5.74) is 6.73. The number of hydrogen-bond donors (Lipinski definition) is 1. The molecular weight excluding hydrogens is 272 g/mol. The van der Waals surface area contributed by atoms with Crippen molar-refractivity contribution in [2.45, 2.75) is 25.3 Å². The molecule has 0 aliphatic heterocycles. The molecule has 0 bridgehead atoms. The van der Waals surface area contributed by atoms with E-state index in [-0.39, 0.29) is 11.6 Å². The molecule has 0 aliphatic rings. The fraction of sp³-hybridized carbons (Fsp3) is 0.294. The van der Waals surface area contributed by atoms with Gasteiger partial charge in [0, 0.05) is 11.6 Å². The van der Waals surface area contributed by atoms with Crippen molar-refractivity contribution in [3.63, 3.8) is 0 Å². The van der Waals surface area contributed by atoms with Gasteiger partial charge < -0.3 is 10.5 Å². The standard InChI is InChI=1S/C17H19F2NO/c1-13(20)11-14-7-9-16(10-8-14)21-12-17(18,19)15-5-3-2-4-6-15/h2-10,13H,11-12,20H2,1H3/t13-/m1/s1. The Morgan fingerprint density at radius 1 is 1.05 bits per heavy atom. The van der Waals surface area contributed by atoms with Gasteiger partial charge in [0.1, 0.15) is 5.75 Å². The van der Waals surface area contributed by atoms with E-state index in [4.69, 9.17) is 10.5 Å². The maximum Gasteiger partial charge on any atom is 0.306 e. The van der Waals surface area contributed by atoms with Crippen LogP contribution < -0.4 is 10.5 Å². The van der Waals surface area contributed by atoms with E-state index >= 15 is 0 Å². The maximum absolute atomic E-state index is 14.0. The SMILES string of the molecule is C[C@@H](N)Cc1ccc(OCC(F)(F)c2ccccc2)cc1. The lowest BCUT2D eigenvalue weighted by molar-refractivity contribution is -0.0467. The Labute approximate surface area is 123 Å². The van der Waals surface area contributed by atoms with Crippen molar-refractivity contribution in [2.75, 3.05) is 6.61 Å². The predicted octanol–water partition coefficient (Wildman–Crippen LogP) is 3.75. The Bertz CT molecular complexity index is 553. The van der Waals surface area contributed by atoms with Crippen LogP contribution in [0.4, 0.5) is 8.78 Å². The fourth-order valence-corrected chi connectivity index (χ4v) is 2.03. The van der Waals surface area contributed by atoms with Gasteiger partial charge in [0.05, 0.1) is 0 Å². The first kappa shape index (κ1) is 15.4. The van der Waals surface area contributed by atoms with Crippen LogP contribution in [0.1, 0.15) is 18.1 Å². The van der Waals surface area contributed by atoms with Crippen molar-refractivity contribution in [1.82, 2.24) is 0 Å². The molecule has 0 unspecified atom stereocenters. The van der Waals surface area contributed by atoms with Crippen molar-refractivity contribution in [3.05, 3.63) is 65.7 Å². The quantitative estimate of drug-likeness (QED) is 0.879. The summed E-state index contributed by atoms with van der Waals surface area (Å²) >= 11 is 0. The van der Waals surface area contributed by atoms with Gasteiger partial charge in [-0.15, -0.1) is 0 Å². The molecule has 112 valence electrons. The maximum atomic E-state index is 14.0. The number of hydrogen-bond acceptors (Lipinski definition) is 2. The second-order valence-electron chi connectivity index (χ2n) is 5.18. The Hall–Kier alpha value is -1.94. The van der Waals surface area contributed by atoms with Crippen LogP contribution in [0.15, 0.2) is 54.6 Å².